The van der Waals surface area contributed by atoms with Crippen molar-refractivity contribution in [2.45, 2.75) is 6.54 Å². The summed E-state index contributed by atoms with van der Waals surface area (Å²) in [5, 5.41) is 8.02. The molecule has 0 spiro atoms. The van der Waals surface area contributed by atoms with Crippen LogP contribution in [0.15, 0.2) is 59.0 Å². The van der Waals surface area contributed by atoms with Gasteiger partial charge >= 0.3 is 0 Å². The predicted molar refractivity (Wildman–Crippen MR) is 120 cm³/mol. The van der Waals surface area contributed by atoms with Crippen molar-refractivity contribution in [1.29, 1.82) is 0 Å². The van der Waals surface area contributed by atoms with E-state index in [1.165, 1.54) is 0 Å². The molecule has 1 heterocycles. The molecule has 7 nitrogen and oxygen atoms in total. The molecule has 0 fully saturated rings. The van der Waals surface area contributed by atoms with E-state index in [1.54, 1.807) is 21.3 Å². The Labute approximate surface area is 179 Å². The Morgan fingerprint density at radius 2 is 1.61 bits per heavy atom. The Bertz CT molecular complexity index is 1230. The fourth-order valence-electron chi connectivity index (χ4n) is 3.49. The third-order valence-corrected chi connectivity index (χ3v) is 5.08. The highest BCUT2D eigenvalue weighted by Gasteiger charge is 2.13. The summed E-state index contributed by atoms with van der Waals surface area (Å²) in [4.78, 5) is 12.4. The first-order valence-electron chi connectivity index (χ1n) is 9.83. The Morgan fingerprint density at radius 1 is 0.839 bits per heavy atom. The number of hydrogen-bond donors (Lipinski definition) is 2. The zero-order valence-corrected chi connectivity index (χ0v) is 17.7. The first-order valence-corrected chi connectivity index (χ1v) is 9.83. The van der Waals surface area contributed by atoms with Crippen LogP contribution in [-0.2, 0) is 11.3 Å². The number of amides is 1. The molecule has 7 heteroatoms. The number of ether oxygens (including phenoxy) is 3. The standard InChI is InChI=1S/C24H24N2O5/c1-28-20-9-8-15(10-23(20)30-3)13-26-24(27)14-25-18-12-21-17(11-22(18)29-2)16-6-4-5-7-19(16)31-21/h4-12,25H,13-14H2,1-3H3,(H,26,27). The molecule has 2 N–H and O–H groups in total. The smallest absolute Gasteiger partial charge is 0.239 e. The minimum Gasteiger partial charge on any atom is -0.495 e. The number of anilines is 1. The van der Waals surface area contributed by atoms with Crippen LogP contribution in [0.25, 0.3) is 21.9 Å². The lowest BCUT2D eigenvalue weighted by molar-refractivity contribution is -0.119. The predicted octanol–water partition coefficient (Wildman–Crippen LogP) is 4.34. The SMILES string of the molecule is COc1cc2c(cc1NCC(=O)NCc1ccc(OC)c(OC)c1)oc1ccccc12. The number of benzene rings is 3. The highest BCUT2D eigenvalue weighted by atomic mass is 16.5. The maximum absolute atomic E-state index is 12.4. The topological polar surface area (TPSA) is 82.0 Å². The molecule has 0 radical (unpaired) electrons. The van der Waals surface area contributed by atoms with E-state index >= 15 is 0 Å². The van der Waals surface area contributed by atoms with E-state index in [0.717, 1.165) is 27.5 Å². The molecular formula is C24H24N2O5. The van der Waals surface area contributed by atoms with Gasteiger partial charge in [-0.15, -0.1) is 0 Å². The van der Waals surface area contributed by atoms with Crippen molar-refractivity contribution in [1.82, 2.24) is 5.32 Å². The molecule has 0 aliphatic carbocycles. The minimum absolute atomic E-state index is 0.0926. The van der Waals surface area contributed by atoms with Crippen molar-refractivity contribution in [2.75, 3.05) is 33.2 Å². The number of fused-ring (bicyclic) bond motifs is 3. The summed E-state index contributed by atoms with van der Waals surface area (Å²) in [7, 11) is 4.77. The summed E-state index contributed by atoms with van der Waals surface area (Å²) >= 11 is 0. The number of nitrogens with one attached hydrogen (secondary N) is 2. The van der Waals surface area contributed by atoms with Crippen LogP contribution in [-0.4, -0.2) is 33.8 Å². The van der Waals surface area contributed by atoms with Gasteiger partial charge in [-0.3, -0.25) is 4.79 Å². The Morgan fingerprint density at radius 3 is 2.39 bits per heavy atom. The lowest BCUT2D eigenvalue weighted by Crippen LogP contribution is -2.29. The molecule has 0 atom stereocenters. The highest BCUT2D eigenvalue weighted by molar-refractivity contribution is 6.06. The quantitative estimate of drug-likeness (QED) is 0.441. The molecule has 1 aromatic heterocycles. The van der Waals surface area contributed by atoms with Crippen LogP contribution in [0, 0.1) is 0 Å². The van der Waals surface area contributed by atoms with E-state index in [9.17, 15) is 4.79 Å². The number of furan rings is 1. The summed E-state index contributed by atoms with van der Waals surface area (Å²) in [6, 6.07) is 17.2. The van der Waals surface area contributed by atoms with Gasteiger partial charge in [0.15, 0.2) is 11.5 Å². The van der Waals surface area contributed by atoms with Crippen LogP contribution in [0.4, 0.5) is 5.69 Å². The molecule has 0 aliphatic heterocycles. The van der Waals surface area contributed by atoms with Gasteiger partial charge in [-0.25, -0.2) is 0 Å². The monoisotopic (exact) mass is 420 g/mol. The van der Waals surface area contributed by atoms with Crippen molar-refractivity contribution < 1.29 is 23.4 Å². The number of hydrogen-bond acceptors (Lipinski definition) is 6. The number of para-hydroxylation sites is 1. The third-order valence-electron chi connectivity index (χ3n) is 5.08. The third kappa shape index (κ3) is 4.21. The molecule has 0 unspecified atom stereocenters. The van der Waals surface area contributed by atoms with E-state index in [1.807, 2.05) is 54.6 Å². The molecule has 1 amide bonds. The summed E-state index contributed by atoms with van der Waals surface area (Å²) < 4.78 is 22.0. The molecule has 4 rings (SSSR count). The fraction of sp³-hybridized carbons (Fsp3) is 0.208. The summed E-state index contributed by atoms with van der Waals surface area (Å²) in [5.41, 5.74) is 3.14. The van der Waals surface area contributed by atoms with Crippen molar-refractivity contribution in [2.24, 2.45) is 0 Å². The summed E-state index contributed by atoms with van der Waals surface area (Å²) in [6.45, 7) is 0.468. The maximum atomic E-state index is 12.4. The Balaban J connectivity index is 1.43. The average Bonchev–Trinajstić information content (AvgIpc) is 3.17. The molecule has 4 aromatic rings. The molecule has 31 heavy (non-hydrogen) atoms. The number of rotatable bonds is 8. The lowest BCUT2D eigenvalue weighted by atomic mass is 10.1. The van der Waals surface area contributed by atoms with Crippen LogP contribution >= 0.6 is 0 Å². The van der Waals surface area contributed by atoms with Gasteiger partial charge in [0.2, 0.25) is 5.91 Å². The second-order valence-electron chi connectivity index (χ2n) is 6.97. The second-order valence-corrected chi connectivity index (χ2v) is 6.97. The molecule has 0 saturated heterocycles. The van der Waals surface area contributed by atoms with E-state index in [-0.39, 0.29) is 12.5 Å². The zero-order valence-electron chi connectivity index (χ0n) is 17.7. The van der Waals surface area contributed by atoms with E-state index < -0.39 is 0 Å². The summed E-state index contributed by atoms with van der Waals surface area (Å²) in [5.74, 6) is 1.76. The maximum Gasteiger partial charge on any atom is 0.239 e. The van der Waals surface area contributed by atoms with Crippen LogP contribution in [0.5, 0.6) is 17.2 Å². The molecule has 0 bridgehead atoms. The Kier molecular flexibility index (Phi) is 5.84. The first-order chi connectivity index (χ1) is 15.1. The van der Waals surface area contributed by atoms with Gasteiger partial charge in [0.05, 0.1) is 33.6 Å². The van der Waals surface area contributed by atoms with Gasteiger partial charge in [-0.1, -0.05) is 24.3 Å². The normalized spacial score (nSPS) is 10.8. The van der Waals surface area contributed by atoms with Crippen molar-refractivity contribution in [3.05, 3.63) is 60.2 Å². The minimum atomic E-state index is -0.151. The number of methoxy groups -OCH3 is 3. The van der Waals surface area contributed by atoms with E-state index in [4.69, 9.17) is 18.6 Å². The zero-order chi connectivity index (χ0) is 21.8. The molecule has 3 aromatic carbocycles. The average molecular weight is 420 g/mol. The second kappa shape index (κ2) is 8.87. The van der Waals surface area contributed by atoms with Gasteiger partial charge in [-0.2, -0.15) is 0 Å². The van der Waals surface area contributed by atoms with Gasteiger partial charge in [-0.05, 0) is 29.8 Å². The van der Waals surface area contributed by atoms with Gasteiger partial charge in [0.1, 0.15) is 16.9 Å². The highest BCUT2D eigenvalue weighted by Crippen LogP contribution is 2.36. The van der Waals surface area contributed by atoms with E-state index in [2.05, 4.69) is 10.6 Å². The first kappa shape index (κ1) is 20.4. The van der Waals surface area contributed by atoms with Crippen LogP contribution in [0.1, 0.15) is 5.56 Å². The van der Waals surface area contributed by atoms with Crippen LogP contribution in [0.2, 0.25) is 0 Å². The van der Waals surface area contributed by atoms with Crippen LogP contribution < -0.4 is 24.8 Å². The van der Waals surface area contributed by atoms with Gasteiger partial charge in [0, 0.05) is 23.4 Å². The van der Waals surface area contributed by atoms with E-state index in [0.29, 0.717) is 29.5 Å². The largest absolute Gasteiger partial charge is 0.495 e. The molecular weight excluding hydrogens is 396 g/mol. The Hall–Kier alpha value is -3.87. The number of carbonyl (C=O) groups is 1. The van der Waals surface area contributed by atoms with Crippen molar-refractivity contribution in [3.8, 4) is 17.2 Å². The lowest BCUT2D eigenvalue weighted by Gasteiger charge is -2.12. The van der Waals surface area contributed by atoms with Gasteiger partial charge in [0.25, 0.3) is 0 Å². The molecule has 0 saturated carbocycles. The molecule has 0 aliphatic rings. The van der Waals surface area contributed by atoms with Gasteiger partial charge < -0.3 is 29.3 Å². The van der Waals surface area contributed by atoms with Crippen molar-refractivity contribution >= 4 is 33.5 Å². The van der Waals surface area contributed by atoms with Crippen LogP contribution in [0.3, 0.4) is 0 Å². The van der Waals surface area contributed by atoms with Crippen molar-refractivity contribution in [3.63, 3.8) is 0 Å². The number of carbonyl (C=O) groups excluding carboxylic acids is 1. The summed E-state index contributed by atoms with van der Waals surface area (Å²) in [6.07, 6.45) is 0. The molecule has 160 valence electrons. The fourth-order valence-corrected chi connectivity index (χ4v) is 3.49.